The largest absolute Gasteiger partial charge is 0.382 e. The van der Waals surface area contributed by atoms with Gasteiger partial charge in [-0.25, -0.2) is 14.3 Å². The third-order valence-electron chi connectivity index (χ3n) is 5.28. The quantitative estimate of drug-likeness (QED) is 0.469. The SMILES string of the molecule is CC(C)(C)c1ccc(-c2cc(NCCCc3cccnc3)c3n[nH]c(=O)n3c2)cc1. The lowest BCUT2D eigenvalue weighted by Crippen LogP contribution is -2.11. The molecule has 0 fully saturated rings. The van der Waals surface area contributed by atoms with Crippen LogP contribution in [0.2, 0.25) is 0 Å². The minimum Gasteiger partial charge on any atom is -0.382 e. The molecule has 154 valence electrons. The molecular formula is C24H27N5O. The molecule has 3 aromatic heterocycles. The molecule has 30 heavy (non-hydrogen) atoms. The van der Waals surface area contributed by atoms with Gasteiger partial charge >= 0.3 is 5.69 Å². The van der Waals surface area contributed by atoms with E-state index in [4.69, 9.17) is 0 Å². The molecule has 6 nitrogen and oxygen atoms in total. The van der Waals surface area contributed by atoms with Crippen LogP contribution < -0.4 is 11.0 Å². The predicted octanol–water partition coefficient (Wildman–Crippen LogP) is 4.43. The van der Waals surface area contributed by atoms with Crippen LogP contribution in [0.4, 0.5) is 5.69 Å². The lowest BCUT2D eigenvalue weighted by atomic mass is 9.86. The zero-order chi connectivity index (χ0) is 21.1. The van der Waals surface area contributed by atoms with Crippen molar-refractivity contribution in [3.63, 3.8) is 0 Å². The van der Waals surface area contributed by atoms with Crippen molar-refractivity contribution in [3.05, 3.63) is 82.7 Å². The van der Waals surface area contributed by atoms with Crippen LogP contribution in [-0.4, -0.2) is 26.1 Å². The third-order valence-corrected chi connectivity index (χ3v) is 5.28. The summed E-state index contributed by atoms with van der Waals surface area (Å²) < 4.78 is 1.57. The molecule has 0 unspecified atom stereocenters. The average Bonchev–Trinajstić information content (AvgIpc) is 3.12. The zero-order valence-electron chi connectivity index (χ0n) is 17.6. The first-order valence-electron chi connectivity index (χ1n) is 10.3. The summed E-state index contributed by atoms with van der Waals surface area (Å²) in [6, 6.07) is 14.6. The molecule has 1 aromatic carbocycles. The number of pyridine rings is 2. The van der Waals surface area contributed by atoms with Gasteiger partial charge in [0.1, 0.15) is 0 Å². The van der Waals surface area contributed by atoms with Crippen LogP contribution in [0.3, 0.4) is 0 Å². The second-order valence-electron chi connectivity index (χ2n) is 8.58. The van der Waals surface area contributed by atoms with Crippen LogP contribution in [0, 0.1) is 0 Å². The summed E-state index contributed by atoms with van der Waals surface area (Å²) in [5.74, 6) is 0. The van der Waals surface area contributed by atoms with E-state index in [-0.39, 0.29) is 11.1 Å². The monoisotopic (exact) mass is 401 g/mol. The highest BCUT2D eigenvalue weighted by atomic mass is 16.1. The summed E-state index contributed by atoms with van der Waals surface area (Å²) in [5, 5.41) is 10.2. The summed E-state index contributed by atoms with van der Waals surface area (Å²) >= 11 is 0. The molecule has 4 aromatic rings. The van der Waals surface area contributed by atoms with Gasteiger partial charge in [-0.05, 0) is 47.1 Å². The number of fused-ring (bicyclic) bond motifs is 1. The highest BCUT2D eigenvalue weighted by Crippen LogP contribution is 2.28. The molecule has 0 saturated carbocycles. The van der Waals surface area contributed by atoms with Gasteiger partial charge in [0.25, 0.3) is 0 Å². The Hall–Kier alpha value is -3.41. The molecular weight excluding hydrogens is 374 g/mol. The highest BCUT2D eigenvalue weighted by Gasteiger charge is 2.14. The van der Waals surface area contributed by atoms with E-state index in [1.807, 2.05) is 18.5 Å². The maximum Gasteiger partial charge on any atom is 0.347 e. The normalized spacial score (nSPS) is 11.7. The van der Waals surface area contributed by atoms with E-state index in [1.54, 1.807) is 10.6 Å². The number of aromatic amines is 1. The summed E-state index contributed by atoms with van der Waals surface area (Å²) in [5.41, 5.74) is 5.85. The second kappa shape index (κ2) is 8.14. The van der Waals surface area contributed by atoms with Gasteiger partial charge < -0.3 is 5.32 Å². The van der Waals surface area contributed by atoms with Gasteiger partial charge in [-0.3, -0.25) is 4.98 Å². The molecule has 4 rings (SSSR count). The fourth-order valence-electron chi connectivity index (χ4n) is 3.52. The lowest BCUT2D eigenvalue weighted by Gasteiger charge is -2.19. The van der Waals surface area contributed by atoms with Crippen LogP contribution in [-0.2, 0) is 11.8 Å². The van der Waals surface area contributed by atoms with Gasteiger partial charge in [0, 0.05) is 30.7 Å². The van der Waals surface area contributed by atoms with Crippen molar-refractivity contribution in [2.45, 2.75) is 39.0 Å². The van der Waals surface area contributed by atoms with Crippen LogP contribution >= 0.6 is 0 Å². The number of aromatic nitrogens is 4. The second-order valence-corrected chi connectivity index (χ2v) is 8.58. The van der Waals surface area contributed by atoms with Gasteiger partial charge in [-0.15, -0.1) is 0 Å². The molecule has 2 N–H and O–H groups in total. The van der Waals surface area contributed by atoms with Crippen LogP contribution in [0.25, 0.3) is 16.8 Å². The van der Waals surface area contributed by atoms with Crippen molar-refractivity contribution < 1.29 is 0 Å². The fraction of sp³-hybridized carbons (Fsp3) is 0.292. The number of aryl methyl sites for hydroxylation is 1. The molecule has 0 radical (unpaired) electrons. The van der Waals surface area contributed by atoms with Gasteiger partial charge in [-0.1, -0.05) is 51.1 Å². The Bertz CT molecular complexity index is 1180. The van der Waals surface area contributed by atoms with E-state index in [0.717, 1.165) is 36.2 Å². The standard InChI is InChI=1S/C24H27N5O/c1-24(2,3)20-10-8-18(9-11-20)19-14-21(22-27-28-23(30)29(22)16-19)26-13-5-7-17-6-4-12-25-15-17/h4,6,8-12,14-16,26H,5,7,13H2,1-3H3,(H,28,30). The minimum atomic E-state index is -0.239. The van der Waals surface area contributed by atoms with Gasteiger partial charge in [0.15, 0.2) is 5.65 Å². The summed E-state index contributed by atoms with van der Waals surface area (Å²) in [6.45, 7) is 7.38. The van der Waals surface area contributed by atoms with Crippen LogP contribution in [0.15, 0.2) is 65.8 Å². The van der Waals surface area contributed by atoms with E-state index in [0.29, 0.717) is 5.65 Å². The number of anilines is 1. The molecule has 0 aliphatic heterocycles. The van der Waals surface area contributed by atoms with Crippen molar-refractivity contribution in [3.8, 4) is 11.1 Å². The molecule has 0 atom stereocenters. The maximum absolute atomic E-state index is 12.2. The van der Waals surface area contributed by atoms with E-state index in [1.165, 1.54) is 11.1 Å². The van der Waals surface area contributed by atoms with Gasteiger partial charge in [0.05, 0.1) is 5.69 Å². The smallest absolute Gasteiger partial charge is 0.347 e. The van der Waals surface area contributed by atoms with Crippen molar-refractivity contribution in [2.24, 2.45) is 0 Å². The molecule has 6 heteroatoms. The molecule has 0 aliphatic rings. The number of hydrogen-bond donors (Lipinski definition) is 2. The zero-order valence-corrected chi connectivity index (χ0v) is 17.6. The highest BCUT2D eigenvalue weighted by molar-refractivity contribution is 5.76. The Morgan fingerprint density at radius 2 is 1.90 bits per heavy atom. The summed E-state index contributed by atoms with van der Waals surface area (Å²) in [7, 11) is 0. The number of nitrogens with zero attached hydrogens (tertiary/aromatic N) is 3. The lowest BCUT2D eigenvalue weighted by molar-refractivity contribution is 0.590. The molecule has 0 saturated heterocycles. The third kappa shape index (κ3) is 4.27. The average molecular weight is 402 g/mol. The van der Waals surface area contributed by atoms with E-state index in [2.05, 4.69) is 77.7 Å². The first kappa shape index (κ1) is 19.9. The van der Waals surface area contributed by atoms with Crippen molar-refractivity contribution >= 4 is 11.3 Å². The Kier molecular flexibility index (Phi) is 5.40. The Morgan fingerprint density at radius 1 is 1.10 bits per heavy atom. The van der Waals surface area contributed by atoms with E-state index >= 15 is 0 Å². The Labute approximate surface area is 176 Å². The summed E-state index contributed by atoms with van der Waals surface area (Å²) in [6.07, 6.45) is 7.42. The van der Waals surface area contributed by atoms with Crippen LogP contribution in [0.1, 0.15) is 38.3 Å². The van der Waals surface area contributed by atoms with Crippen molar-refractivity contribution in [1.82, 2.24) is 19.6 Å². The number of benzene rings is 1. The molecule has 0 aliphatic carbocycles. The van der Waals surface area contributed by atoms with Gasteiger partial charge in [0.2, 0.25) is 0 Å². The topological polar surface area (TPSA) is 75.1 Å². The summed E-state index contributed by atoms with van der Waals surface area (Å²) in [4.78, 5) is 16.4. The van der Waals surface area contributed by atoms with E-state index < -0.39 is 0 Å². The van der Waals surface area contributed by atoms with E-state index in [9.17, 15) is 4.79 Å². The maximum atomic E-state index is 12.2. The molecule has 0 spiro atoms. The Balaban J connectivity index is 1.57. The molecule has 3 heterocycles. The number of hydrogen-bond acceptors (Lipinski definition) is 4. The Morgan fingerprint density at radius 3 is 2.60 bits per heavy atom. The fourth-order valence-corrected chi connectivity index (χ4v) is 3.52. The van der Waals surface area contributed by atoms with Crippen LogP contribution in [0.5, 0.6) is 0 Å². The van der Waals surface area contributed by atoms with Crippen molar-refractivity contribution in [2.75, 3.05) is 11.9 Å². The minimum absolute atomic E-state index is 0.102. The number of nitrogens with one attached hydrogen (secondary N) is 2. The van der Waals surface area contributed by atoms with Gasteiger partial charge in [-0.2, -0.15) is 5.10 Å². The molecule has 0 bridgehead atoms. The predicted molar refractivity (Wildman–Crippen MR) is 121 cm³/mol. The van der Waals surface area contributed by atoms with Crippen molar-refractivity contribution in [1.29, 1.82) is 0 Å². The number of rotatable bonds is 6. The first-order chi connectivity index (χ1) is 14.4. The number of H-pyrrole nitrogens is 1. The first-order valence-corrected chi connectivity index (χ1v) is 10.3. The molecule has 0 amide bonds.